The molecule has 6 heteroatoms. The Morgan fingerprint density at radius 3 is 2.73 bits per heavy atom. The Balaban J connectivity index is 1.38. The summed E-state index contributed by atoms with van der Waals surface area (Å²) in [6.45, 7) is 2.07. The maximum atomic E-state index is 13.2. The minimum absolute atomic E-state index is 0.0543. The van der Waals surface area contributed by atoms with Crippen LogP contribution >= 0.6 is 23.1 Å². The molecular weight excluding hydrogens is 410 g/mol. The van der Waals surface area contributed by atoms with Gasteiger partial charge in [-0.1, -0.05) is 54.1 Å². The fourth-order valence-electron chi connectivity index (χ4n) is 3.64. The molecule has 30 heavy (non-hydrogen) atoms. The molecule has 0 saturated carbocycles. The molecule has 1 aliphatic heterocycles. The molecule has 4 aromatic rings. The standard InChI is InChI=1S/C24H21N3OS2/c1-16-8-10-17(11-9-16)21-13-20(22-7-4-12-29-22)26-27(21)24(28)15-30-23-14-25-19-6-3-2-5-18(19)23/h2-14,21,25-26H,15H2,1H3. The summed E-state index contributed by atoms with van der Waals surface area (Å²) in [7, 11) is 0. The highest BCUT2D eigenvalue weighted by molar-refractivity contribution is 8.00. The second-order valence-corrected chi connectivity index (χ2v) is 9.24. The quantitative estimate of drug-likeness (QED) is 0.395. The number of H-pyrrole nitrogens is 1. The Labute approximate surface area is 183 Å². The Morgan fingerprint density at radius 2 is 1.93 bits per heavy atom. The van der Waals surface area contributed by atoms with Gasteiger partial charge in [0, 0.05) is 22.0 Å². The molecule has 0 aliphatic carbocycles. The SMILES string of the molecule is Cc1ccc(C2C=C(c3cccs3)NN2C(=O)CSc2c[nH]c3ccccc23)cc1. The molecule has 0 bridgehead atoms. The van der Waals surface area contributed by atoms with Gasteiger partial charge in [-0.3, -0.25) is 10.2 Å². The van der Waals surface area contributed by atoms with Crippen LogP contribution in [0.3, 0.4) is 0 Å². The van der Waals surface area contributed by atoms with E-state index in [9.17, 15) is 4.79 Å². The number of nitrogens with one attached hydrogen (secondary N) is 2. The number of hydrogen-bond donors (Lipinski definition) is 2. The van der Waals surface area contributed by atoms with Crippen molar-refractivity contribution in [2.24, 2.45) is 0 Å². The van der Waals surface area contributed by atoms with E-state index in [1.54, 1.807) is 28.1 Å². The summed E-state index contributed by atoms with van der Waals surface area (Å²) >= 11 is 3.24. The van der Waals surface area contributed by atoms with Crippen LogP contribution in [-0.2, 0) is 4.79 Å². The van der Waals surface area contributed by atoms with Gasteiger partial charge in [-0.15, -0.1) is 23.1 Å². The molecule has 2 aromatic heterocycles. The van der Waals surface area contributed by atoms with E-state index < -0.39 is 0 Å². The van der Waals surface area contributed by atoms with Crippen molar-refractivity contribution in [1.29, 1.82) is 0 Å². The number of aromatic nitrogens is 1. The number of amides is 1. The molecule has 3 heterocycles. The number of rotatable bonds is 5. The maximum Gasteiger partial charge on any atom is 0.252 e. The highest BCUT2D eigenvalue weighted by Gasteiger charge is 2.31. The van der Waals surface area contributed by atoms with Crippen LogP contribution in [0.25, 0.3) is 16.6 Å². The highest BCUT2D eigenvalue weighted by Crippen LogP contribution is 2.34. The summed E-state index contributed by atoms with van der Waals surface area (Å²) < 4.78 is 0. The molecule has 2 aromatic carbocycles. The molecule has 5 rings (SSSR count). The Bertz CT molecular complexity index is 1210. The molecule has 0 fully saturated rings. The van der Waals surface area contributed by atoms with Crippen molar-refractivity contribution in [3.8, 4) is 0 Å². The number of thioether (sulfide) groups is 1. The topological polar surface area (TPSA) is 48.1 Å². The van der Waals surface area contributed by atoms with Crippen molar-refractivity contribution < 1.29 is 4.79 Å². The van der Waals surface area contributed by atoms with E-state index in [1.165, 1.54) is 5.56 Å². The number of carbonyl (C=O) groups excluding carboxylic acids is 1. The minimum atomic E-state index is -0.126. The van der Waals surface area contributed by atoms with Crippen LogP contribution in [0.4, 0.5) is 0 Å². The van der Waals surface area contributed by atoms with Crippen LogP contribution in [0, 0.1) is 6.92 Å². The summed E-state index contributed by atoms with van der Waals surface area (Å²) in [6, 6.07) is 20.5. The number of nitrogens with zero attached hydrogens (tertiary/aromatic N) is 1. The lowest BCUT2D eigenvalue weighted by atomic mass is 10.0. The van der Waals surface area contributed by atoms with E-state index in [2.05, 4.69) is 65.2 Å². The van der Waals surface area contributed by atoms with Gasteiger partial charge in [-0.05, 0) is 36.1 Å². The molecule has 1 unspecified atom stereocenters. The van der Waals surface area contributed by atoms with Gasteiger partial charge in [0.25, 0.3) is 5.91 Å². The zero-order chi connectivity index (χ0) is 20.5. The number of benzene rings is 2. The van der Waals surface area contributed by atoms with Crippen molar-refractivity contribution in [2.45, 2.75) is 17.9 Å². The van der Waals surface area contributed by atoms with Gasteiger partial charge in [-0.25, -0.2) is 5.01 Å². The zero-order valence-corrected chi connectivity index (χ0v) is 18.1. The van der Waals surface area contributed by atoms with Gasteiger partial charge in [-0.2, -0.15) is 0 Å². The molecular formula is C24H21N3OS2. The molecule has 4 nitrogen and oxygen atoms in total. The predicted octanol–water partition coefficient (Wildman–Crippen LogP) is 5.76. The first-order valence-electron chi connectivity index (χ1n) is 9.79. The number of thiophene rings is 1. The summed E-state index contributed by atoms with van der Waals surface area (Å²) in [4.78, 5) is 18.7. The molecule has 0 saturated heterocycles. The Morgan fingerprint density at radius 1 is 1.10 bits per heavy atom. The lowest BCUT2D eigenvalue weighted by Crippen LogP contribution is -2.40. The second-order valence-electron chi connectivity index (χ2n) is 7.28. The summed E-state index contributed by atoms with van der Waals surface area (Å²) in [5, 5.41) is 4.97. The normalized spacial score (nSPS) is 16.0. The molecule has 1 aliphatic rings. The van der Waals surface area contributed by atoms with E-state index in [-0.39, 0.29) is 11.9 Å². The molecule has 2 N–H and O–H groups in total. The molecule has 1 atom stereocenters. The number of aryl methyl sites for hydroxylation is 1. The van der Waals surface area contributed by atoms with Crippen molar-refractivity contribution in [1.82, 2.24) is 15.4 Å². The second kappa shape index (κ2) is 8.05. The average Bonchev–Trinajstić information content (AvgIpc) is 3.51. The number of fused-ring (bicyclic) bond motifs is 1. The van der Waals surface area contributed by atoms with E-state index in [0.29, 0.717) is 5.75 Å². The van der Waals surface area contributed by atoms with Crippen LogP contribution in [0.15, 0.2) is 83.2 Å². The first-order chi connectivity index (χ1) is 14.7. The number of hydrogen-bond acceptors (Lipinski definition) is 4. The van der Waals surface area contributed by atoms with Crippen LogP contribution in [-0.4, -0.2) is 21.7 Å². The molecule has 150 valence electrons. The summed E-state index contributed by atoms with van der Waals surface area (Å²) in [6.07, 6.45) is 4.12. The van der Waals surface area contributed by atoms with E-state index in [1.807, 2.05) is 30.5 Å². The fourth-order valence-corrected chi connectivity index (χ4v) is 5.23. The minimum Gasteiger partial charge on any atom is -0.360 e. The van der Waals surface area contributed by atoms with Crippen molar-refractivity contribution >= 4 is 45.6 Å². The van der Waals surface area contributed by atoms with Crippen LogP contribution < -0.4 is 5.43 Å². The highest BCUT2D eigenvalue weighted by atomic mass is 32.2. The van der Waals surface area contributed by atoms with Gasteiger partial charge in [0.15, 0.2) is 0 Å². The third-order valence-corrected chi connectivity index (χ3v) is 7.16. The van der Waals surface area contributed by atoms with Crippen LogP contribution in [0.2, 0.25) is 0 Å². The zero-order valence-electron chi connectivity index (χ0n) is 16.5. The summed E-state index contributed by atoms with van der Waals surface area (Å²) in [5.74, 6) is 0.418. The third-order valence-electron chi connectivity index (χ3n) is 5.22. The average molecular weight is 432 g/mol. The third kappa shape index (κ3) is 3.64. The largest absolute Gasteiger partial charge is 0.360 e. The van der Waals surface area contributed by atoms with Gasteiger partial charge in [0.2, 0.25) is 0 Å². The Hall–Kier alpha value is -2.96. The fraction of sp³-hybridized carbons (Fsp3) is 0.125. The van der Waals surface area contributed by atoms with Crippen molar-refractivity contribution in [3.63, 3.8) is 0 Å². The Kier molecular flexibility index (Phi) is 5.11. The molecule has 0 spiro atoms. The number of aromatic amines is 1. The molecule has 1 amide bonds. The van der Waals surface area contributed by atoms with Crippen LogP contribution in [0.1, 0.15) is 22.0 Å². The van der Waals surface area contributed by atoms with E-state index >= 15 is 0 Å². The van der Waals surface area contributed by atoms with Crippen molar-refractivity contribution in [3.05, 3.63) is 94.3 Å². The van der Waals surface area contributed by atoms with Gasteiger partial charge < -0.3 is 4.98 Å². The number of hydrazine groups is 1. The number of para-hydroxylation sites is 1. The first-order valence-corrected chi connectivity index (χ1v) is 11.7. The summed E-state index contributed by atoms with van der Waals surface area (Å²) in [5.41, 5.74) is 7.74. The van der Waals surface area contributed by atoms with E-state index in [4.69, 9.17) is 0 Å². The van der Waals surface area contributed by atoms with Gasteiger partial charge >= 0.3 is 0 Å². The van der Waals surface area contributed by atoms with Crippen molar-refractivity contribution in [2.75, 3.05) is 5.75 Å². The predicted molar refractivity (Wildman–Crippen MR) is 125 cm³/mol. The first kappa shape index (κ1) is 19.0. The smallest absolute Gasteiger partial charge is 0.252 e. The lowest BCUT2D eigenvalue weighted by molar-refractivity contribution is -0.131. The number of carbonyl (C=O) groups is 1. The van der Waals surface area contributed by atoms with Gasteiger partial charge in [0.05, 0.1) is 22.4 Å². The molecule has 0 radical (unpaired) electrons. The lowest BCUT2D eigenvalue weighted by Gasteiger charge is -2.25. The monoisotopic (exact) mass is 431 g/mol. The van der Waals surface area contributed by atoms with Gasteiger partial charge in [0.1, 0.15) is 0 Å². The van der Waals surface area contributed by atoms with E-state index in [0.717, 1.165) is 31.9 Å². The van der Waals surface area contributed by atoms with Crippen LogP contribution in [0.5, 0.6) is 0 Å². The maximum absolute atomic E-state index is 13.2.